The Morgan fingerprint density at radius 3 is 2.95 bits per heavy atom. The number of hydrogen-bond donors (Lipinski definition) is 2. The minimum atomic E-state index is -0.382. The van der Waals surface area contributed by atoms with E-state index < -0.39 is 0 Å². The number of anilines is 1. The molecule has 1 aliphatic rings. The Labute approximate surface area is 124 Å². The van der Waals surface area contributed by atoms with E-state index in [9.17, 15) is 4.79 Å². The third-order valence-corrected chi connectivity index (χ3v) is 4.76. The van der Waals surface area contributed by atoms with Gasteiger partial charge in [-0.1, -0.05) is 19.8 Å². The molecule has 2 atom stereocenters. The van der Waals surface area contributed by atoms with E-state index in [1.165, 1.54) is 4.88 Å². The van der Waals surface area contributed by atoms with E-state index in [-0.39, 0.29) is 29.8 Å². The Morgan fingerprint density at radius 1 is 1.63 bits per heavy atom. The van der Waals surface area contributed by atoms with Gasteiger partial charge in [0.25, 0.3) is 0 Å². The lowest BCUT2D eigenvalue weighted by Gasteiger charge is -2.36. The molecule has 0 aliphatic heterocycles. The number of rotatable bonds is 3. The van der Waals surface area contributed by atoms with Gasteiger partial charge in [0.15, 0.2) is 5.13 Å². The van der Waals surface area contributed by atoms with Crippen molar-refractivity contribution in [3.63, 3.8) is 0 Å². The molecule has 1 aliphatic carbocycles. The fourth-order valence-electron chi connectivity index (χ4n) is 2.51. The molecule has 1 amide bonds. The zero-order chi connectivity index (χ0) is 13.2. The predicted octanol–water partition coefficient (Wildman–Crippen LogP) is 2.97. The minimum absolute atomic E-state index is 0. The number of amides is 1. The van der Waals surface area contributed by atoms with Crippen LogP contribution in [-0.2, 0) is 11.2 Å². The third-order valence-electron chi connectivity index (χ3n) is 3.70. The minimum Gasteiger partial charge on any atom is -0.325 e. The molecule has 3 N–H and O–H groups in total. The van der Waals surface area contributed by atoms with Crippen molar-refractivity contribution in [2.45, 2.75) is 51.5 Å². The van der Waals surface area contributed by atoms with Gasteiger partial charge in [-0.2, -0.15) is 0 Å². The molecule has 0 radical (unpaired) electrons. The third kappa shape index (κ3) is 3.91. The van der Waals surface area contributed by atoms with Gasteiger partial charge in [-0.15, -0.1) is 23.7 Å². The summed E-state index contributed by atoms with van der Waals surface area (Å²) in [5, 5.41) is 3.60. The van der Waals surface area contributed by atoms with Gasteiger partial charge in [0.2, 0.25) is 5.91 Å². The highest BCUT2D eigenvalue weighted by atomic mass is 35.5. The SMILES string of the molecule is CCc1cnc(NC(=O)C2CCCCC2(C)N)s1.Cl. The number of carbonyl (C=O) groups excluding carboxylic acids is 1. The fraction of sp³-hybridized carbons (Fsp3) is 0.692. The number of aromatic nitrogens is 1. The highest BCUT2D eigenvalue weighted by Gasteiger charge is 2.37. The molecule has 108 valence electrons. The lowest BCUT2D eigenvalue weighted by atomic mass is 9.74. The second kappa shape index (κ2) is 6.68. The maximum Gasteiger partial charge on any atom is 0.231 e. The van der Waals surface area contributed by atoms with Crippen LogP contribution in [0.4, 0.5) is 5.13 Å². The molecule has 4 nitrogen and oxygen atoms in total. The molecule has 0 spiro atoms. The van der Waals surface area contributed by atoms with Crippen molar-refractivity contribution in [2.75, 3.05) is 5.32 Å². The summed E-state index contributed by atoms with van der Waals surface area (Å²) in [6.07, 6.45) is 6.78. The van der Waals surface area contributed by atoms with Crippen LogP contribution in [0.25, 0.3) is 0 Å². The van der Waals surface area contributed by atoms with Gasteiger partial charge in [0.1, 0.15) is 0 Å². The van der Waals surface area contributed by atoms with Crippen molar-refractivity contribution in [3.05, 3.63) is 11.1 Å². The molecule has 2 rings (SSSR count). The first-order chi connectivity index (χ1) is 8.53. The first-order valence-corrected chi connectivity index (χ1v) is 7.39. The number of carbonyl (C=O) groups is 1. The summed E-state index contributed by atoms with van der Waals surface area (Å²) in [5.74, 6) is -0.0723. The van der Waals surface area contributed by atoms with E-state index in [1.54, 1.807) is 11.3 Å². The van der Waals surface area contributed by atoms with Gasteiger partial charge in [-0.25, -0.2) is 4.98 Å². The lowest BCUT2D eigenvalue weighted by molar-refractivity contribution is -0.122. The van der Waals surface area contributed by atoms with Crippen LogP contribution in [0.2, 0.25) is 0 Å². The van der Waals surface area contributed by atoms with Crippen molar-refractivity contribution >= 4 is 34.8 Å². The molecular weight excluding hydrogens is 282 g/mol. The molecule has 1 heterocycles. The van der Waals surface area contributed by atoms with Gasteiger partial charge < -0.3 is 11.1 Å². The first kappa shape index (κ1) is 16.4. The van der Waals surface area contributed by atoms with Crippen LogP contribution in [0.5, 0.6) is 0 Å². The Kier molecular flexibility index (Phi) is 5.77. The zero-order valence-corrected chi connectivity index (χ0v) is 13.1. The molecule has 2 unspecified atom stereocenters. The molecule has 1 aromatic rings. The average molecular weight is 304 g/mol. The molecule has 0 aromatic carbocycles. The first-order valence-electron chi connectivity index (χ1n) is 6.57. The number of thiazole rings is 1. The second-order valence-electron chi connectivity index (χ2n) is 5.28. The van der Waals surface area contributed by atoms with Gasteiger partial charge in [-0.3, -0.25) is 4.79 Å². The normalized spacial score (nSPS) is 26.6. The van der Waals surface area contributed by atoms with Crippen LogP contribution >= 0.6 is 23.7 Å². The van der Waals surface area contributed by atoms with Gasteiger partial charge in [0, 0.05) is 16.6 Å². The molecule has 1 saturated carbocycles. The van der Waals surface area contributed by atoms with Crippen molar-refractivity contribution in [3.8, 4) is 0 Å². The lowest BCUT2D eigenvalue weighted by Crippen LogP contribution is -2.51. The van der Waals surface area contributed by atoms with Crippen molar-refractivity contribution in [1.82, 2.24) is 4.98 Å². The Balaban J connectivity index is 0.00000180. The van der Waals surface area contributed by atoms with E-state index in [1.807, 2.05) is 13.1 Å². The van der Waals surface area contributed by atoms with Crippen LogP contribution < -0.4 is 11.1 Å². The summed E-state index contributed by atoms with van der Waals surface area (Å²) in [7, 11) is 0. The van der Waals surface area contributed by atoms with Gasteiger partial charge >= 0.3 is 0 Å². The summed E-state index contributed by atoms with van der Waals surface area (Å²) in [4.78, 5) is 17.7. The van der Waals surface area contributed by atoms with E-state index in [2.05, 4.69) is 17.2 Å². The van der Waals surface area contributed by atoms with Gasteiger partial charge in [-0.05, 0) is 26.2 Å². The van der Waals surface area contributed by atoms with Crippen molar-refractivity contribution in [2.24, 2.45) is 11.7 Å². The maximum atomic E-state index is 12.3. The van der Waals surface area contributed by atoms with Crippen LogP contribution in [-0.4, -0.2) is 16.4 Å². The number of nitrogens with one attached hydrogen (secondary N) is 1. The predicted molar refractivity (Wildman–Crippen MR) is 81.9 cm³/mol. The summed E-state index contributed by atoms with van der Waals surface area (Å²) >= 11 is 1.54. The number of aryl methyl sites for hydroxylation is 1. The smallest absolute Gasteiger partial charge is 0.231 e. The summed E-state index contributed by atoms with van der Waals surface area (Å²) in [6.45, 7) is 4.06. The Morgan fingerprint density at radius 2 is 2.37 bits per heavy atom. The molecule has 1 fully saturated rings. The number of nitrogens with two attached hydrogens (primary N) is 1. The van der Waals surface area contributed by atoms with Gasteiger partial charge in [0.05, 0.1) is 5.92 Å². The molecule has 0 saturated heterocycles. The Bertz CT molecular complexity index is 433. The molecule has 1 aromatic heterocycles. The summed E-state index contributed by atoms with van der Waals surface area (Å²) in [5.41, 5.74) is 5.85. The van der Waals surface area contributed by atoms with E-state index in [4.69, 9.17) is 5.73 Å². The molecule has 6 heteroatoms. The summed E-state index contributed by atoms with van der Waals surface area (Å²) in [6, 6.07) is 0. The Hall–Kier alpha value is -0.650. The maximum absolute atomic E-state index is 12.3. The molecular formula is C13H22ClN3OS. The highest BCUT2D eigenvalue weighted by molar-refractivity contribution is 7.15. The molecule has 19 heavy (non-hydrogen) atoms. The number of hydrogen-bond acceptors (Lipinski definition) is 4. The van der Waals surface area contributed by atoms with Crippen molar-refractivity contribution in [1.29, 1.82) is 0 Å². The largest absolute Gasteiger partial charge is 0.325 e. The topological polar surface area (TPSA) is 68.0 Å². The standard InChI is InChI=1S/C13H21N3OS.ClH/c1-3-9-8-15-12(18-9)16-11(17)10-6-4-5-7-13(10,2)14;/h8,10H,3-7,14H2,1-2H3,(H,15,16,17);1H. The van der Waals surface area contributed by atoms with Crippen molar-refractivity contribution < 1.29 is 4.79 Å². The van der Waals surface area contributed by atoms with E-state index >= 15 is 0 Å². The van der Waals surface area contributed by atoms with E-state index in [0.29, 0.717) is 5.13 Å². The van der Waals surface area contributed by atoms with Crippen LogP contribution in [0.1, 0.15) is 44.4 Å². The highest BCUT2D eigenvalue weighted by Crippen LogP contribution is 2.32. The number of nitrogens with zero attached hydrogens (tertiary/aromatic N) is 1. The second-order valence-corrected chi connectivity index (χ2v) is 6.39. The fourth-order valence-corrected chi connectivity index (χ4v) is 3.27. The van der Waals surface area contributed by atoms with Crippen LogP contribution in [0.3, 0.4) is 0 Å². The summed E-state index contributed by atoms with van der Waals surface area (Å²) < 4.78 is 0. The van der Waals surface area contributed by atoms with Crippen LogP contribution in [0.15, 0.2) is 6.20 Å². The molecule has 0 bridgehead atoms. The quantitative estimate of drug-likeness (QED) is 0.902. The zero-order valence-electron chi connectivity index (χ0n) is 11.4. The number of halogens is 1. The van der Waals surface area contributed by atoms with E-state index in [0.717, 1.165) is 32.1 Å². The average Bonchev–Trinajstić information content (AvgIpc) is 2.76. The monoisotopic (exact) mass is 303 g/mol. The van der Waals surface area contributed by atoms with Crippen LogP contribution in [0, 0.1) is 5.92 Å².